The molecule has 0 unspecified atom stereocenters. The van der Waals surface area contributed by atoms with Gasteiger partial charge in [0, 0.05) is 6.54 Å². The molecule has 1 atom stereocenters. The zero-order valence-corrected chi connectivity index (χ0v) is 10.3. The van der Waals surface area contributed by atoms with Crippen LogP contribution in [-0.2, 0) is 4.79 Å². The van der Waals surface area contributed by atoms with E-state index in [0.717, 1.165) is 18.7 Å². The van der Waals surface area contributed by atoms with Crippen LogP contribution >= 0.6 is 11.8 Å². The molecule has 0 aromatic carbocycles. The van der Waals surface area contributed by atoms with Crippen molar-refractivity contribution >= 4 is 17.7 Å². The van der Waals surface area contributed by atoms with Crippen LogP contribution in [0.25, 0.3) is 0 Å². The number of thioether (sulfide) groups is 1. The average molecular weight is 230 g/mol. The van der Waals surface area contributed by atoms with Gasteiger partial charge in [-0.2, -0.15) is 11.8 Å². The minimum Gasteiger partial charge on any atom is -0.354 e. The number of nitrogens with two attached hydrogens (primary N) is 1. The lowest BCUT2D eigenvalue weighted by atomic mass is 10.1. The Kier molecular flexibility index (Phi) is 6.10. The molecular weight excluding hydrogens is 208 g/mol. The minimum atomic E-state index is -0.321. The van der Waals surface area contributed by atoms with Gasteiger partial charge in [-0.05, 0) is 37.2 Å². The number of hydrogen-bond donors (Lipinski definition) is 2. The van der Waals surface area contributed by atoms with Crippen LogP contribution in [0.5, 0.6) is 0 Å². The van der Waals surface area contributed by atoms with Crippen LogP contribution < -0.4 is 11.1 Å². The molecule has 1 rings (SSSR count). The summed E-state index contributed by atoms with van der Waals surface area (Å²) in [5, 5.41) is 2.96. The number of hydrogen-bond acceptors (Lipinski definition) is 3. The second-order valence-corrected chi connectivity index (χ2v) is 5.27. The van der Waals surface area contributed by atoms with E-state index in [1.807, 2.05) is 6.26 Å². The molecular formula is C11H22N2OS. The zero-order valence-electron chi connectivity index (χ0n) is 9.50. The molecule has 3 N–H and O–H groups in total. The molecule has 0 aliphatic heterocycles. The molecule has 0 saturated heterocycles. The first-order valence-corrected chi connectivity index (χ1v) is 7.15. The fourth-order valence-corrected chi connectivity index (χ4v) is 2.46. The van der Waals surface area contributed by atoms with Crippen LogP contribution in [0.3, 0.4) is 0 Å². The normalized spacial score (nSPS) is 19.1. The van der Waals surface area contributed by atoms with Gasteiger partial charge in [-0.25, -0.2) is 0 Å². The Morgan fingerprint density at radius 2 is 2.20 bits per heavy atom. The fourth-order valence-electron chi connectivity index (χ4n) is 1.97. The van der Waals surface area contributed by atoms with E-state index in [4.69, 9.17) is 5.73 Å². The third-order valence-corrected chi connectivity index (χ3v) is 3.65. The first-order chi connectivity index (χ1) is 7.24. The number of carbonyl (C=O) groups excluding carboxylic acids is 1. The largest absolute Gasteiger partial charge is 0.354 e. The minimum absolute atomic E-state index is 0.0240. The van der Waals surface area contributed by atoms with Crippen molar-refractivity contribution in [2.75, 3.05) is 18.6 Å². The molecule has 1 aliphatic carbocycles. The van der Waals surface area contributed by atoms with Crippen LogP contribution in [0, 0.1) is 5.92 Å². The third kappa shape index (κ3) is 4.89. The van der Waals surface area contributed by atoms with Gasteiger partial charge in [0.25, 0.3) is 0 Å². The highest BCUT2D eigenvalue weighted by atomic mass is 32.2. The topological polar surface area (TPSA) is 55.1 Å². The molecule has 1 aliphatic rings. The summed E-state index contributed by atoms with van der Waals surface area (Å²) in [5.41, 5.74) is 5.76. The lowest BCUT2D eigenvalue weighted by molar-refractivity contribution is -0.122. The highest BCUT2D eigenvalue weighted by Gasteiger charge is 2.18. The summed E-state index contributed by atoms with van der Waals surface area (Å²) in [5.74, 6) is 1.68. The number of amides is 1. The van der Waals surface area contributed by atoms with Gasteiger partial charge in [0.2, 0.25) is 5.91 Å². The maximum absolute atomic E-state index is 11.6. The Labute approximate surface area is 96.6 Å². The molecule has 0 aromatic heterocycles. The monoisotopic (exact) mass is 230 g/mol. The molecule has 1 fully saturated rings. The summed E-state index contributed by atoms with van der Waals surface area (Å²) < 4.78 is 0. The fraction of sp³-hybridized carbons (Fsp3) is 0.909. The molecule has 88 valence electrons. The summed E-state index contributed by atoms with van der Waals surface area (Å²) in [4.78, 5) is 11.6. The second kappa shape index (κ2) is 7.12. The molecule has 1 saturated carbocycles. The van der Waals surface area contributed by atoms with Crippen molar-refractivity contribution in [3.05, 3.63) is 0 Å². The van der Waals surface area contributed by atoms with Crippen molar-refractivity contribution < 1.29 is 4.79 Å². The van der Waals surface area contributed by atoms with Gasteiger partial charge in [0.05, 0.1) is 6.04 Å². The Morgan fingerprint density at radius 1 is 1.53 bits per heavy atom. The van der Waals surface area contributed by atoms with Gasteiger partial charge in [0.1, 0.15) is 0 Å². The molecule has 0 spiro atoms. The highest BCUT2D eigenvalue weighted by Crippen LogP contribution is 2.23. The molecule has 3 nitrogen and oxygen atoms in total. The van der Waals surface area contributed by atoms with Crippen molar-refractivity contribution in [2.24, 2.45) is 11.7 Å². The molecule has 4 heteroatoms. The van der Waals surface area contributed by atoms with Gasteiger partial charge in [-0.1, -0.05) is 12.8 Å². The quantitative estimate of drug-likeness (QED) is 0.724. The van der Waals surface area contributed by atoms with Crippen molar-refractivity contribution in [3.63, 3.8) is 0 Å². The second-order valence-electron chi connectivity index (χ2n) is 4.28. The standard InChI is InChI=1S/C11H22N2OS/c1-15-7-6-10(12)11(14)13-8-9-4-2-3-5-9/h9-10H,2-8,12H2,1H3,(H,13,14)/t10-/m1/s1. The van der Waals surface area contributed by atoms with Gasteiger partial charge in [-0.3, -0.25) is 4.79 Å². The van der Waals surface area contributed by atoms with Crippen LogP contribution in [-0.4, -0.2) is 30.5 Å². The lowest BCUT2D eigenvalue weighted by Crippen LogP contribution is -2.42. The van der Waals surface area contributed by atoms with E-state index in [-0.39, 0.29) is 11.9 Å². The van der Waals surface area contributed by atoms with Crippen molar-refractivity contribution in [1.82, 2.24) is 5.32 Å². The first kappa shape index (κ1) is 12.8. The van der Waals surface area contributed by atoms with Crippen molar-refractivity contribution in [3.8, 4) is 0 Å². The van der Waals surface area contributed by atoms with Crippen LogP contribution in [0.2, 0.25) is 0 Å². The lowest BCUT2D eigenvalue weighted by Gasteiger charge is -2.14. The summed E-state index contributed by atoms with van der Waals surface area (Å²) in [6, 6.07) is -0.321. The molecule has 15 heavy (non-hydrogen) atoms. The molecule has 0 heterocycles. The van der Waals surface area contributed by atoms with Gasteiger partial charge < -0.3 is 11.1 Å². The van der Waals surface area contributed by atoms with E-state index in [1.54, 1.807) is 11.8 Å². The van der Waals surface area contributed by atoms with Crippen LogP contribution in [0.15, 0.2) is 0 Å². The summed E-state index contributed by atoms with van der Waals surface area (Å²) in [7, 11) is 0. The summed E-state index contributed by atoms with van der Waals surface area (Å²) in [6.45, 7) is 0.825. The van der Waals surface area contributed by atoms with E-state index >= 15 is 0 Å². The first-order valence-electron chi connectivity index (χ1n) is 5.76. The van der Waals surface area contributed by atoms with Crippen LogP contribution in [0.4, 0.5) is 0 Å². The molecule has 0 radical (unpaired) electrons. The third-order valence-electron chi connectivity index (χ3n) is 3.01. The molecule has 0 bridgehead atoms. The SMILES string of the molecule is CSCC[C@@H](N)C(=O)NCC1CCCC1. The van der Waals surface area contributed by atoms with Gasteiger partial charge in [-0.15, -0.1) is 0 Å². The van der Waals surface area contributed by atoms with Crippen molar-refractivity contribution in [2.45, 2.75) is 38.1 Å². The van der Waals surface area contributed by atoms with E-state index in [9.17, 15) is 4.79 Å². The Balaban J connectivity index is 2.11. The molecule has 1 amide bonds. The Hall–Kier alpha value is -0.220. The maximum atomic E-state index is 11.6. The van der Waals surface area contributed by atoms with E-state index in [2.05, 4.69) is 5.32 Å². The van der Waals surface area contributed by atoms with Crippen LogP contribution in [0.1, 0.15) is 32.1 Å². The Morgan fingerprint density at radius 3 is 2.80 bits per heavy atom. The number of rotatable bonds is 6. The maximum Gasteiger partial charge on any atom is 0.236 e. The Bertz CT molecular complexity index is 193. The zero-order chi connectivity index (χ0) is 11.1. The molecule has 0 aromatic rings. The van der Waals surface area contributed by atoms with E-state index in [0.29, 0.717) is 5.92 Å². The predicted molar refractivity (Wildman–Crippen MR) is 65.9 cm³/mol. The highest BCUT2D eigenvalue weighted by molar-refractivity contribution is 7.98. The van der Waals surface area contributed by atoms with Crippen molar-refractivity contribution in [1.29, 1.82) is 0 Å². The summed E-state index contributed by atoms with van der Waals surface area (Å²) >= 11 is 1.73. The van der Waals surface area contributed by atoms with Gasteiger partial charge in [0.15, 0.2) is 0 Å². The van der Waals surface area contributed by atoms with Gasteiger partial charge >= 0.3 is 0 Å². The smallest absolute Gasteiger partial charge is 0.236 e. The predicted octanol–water partition coefficient (Wildman–Crippen LogP) is 1.37. The van der Waals surface area contributed by atoms with E-state index in [1.165, 1.54) is 25.7 Å². The van der Waals surface area contributed by atoms with E-state index < -0.39 is 0 Å². The number of carbonyl (C=O) groups is 1. The summed E-state index contributed by atoms with van der Waals surface area (Å²) in [6.07, 6.45) is 7.97. The number of nitrogens with one attached hydrogen (secondary N) is 1. The average Bonchev–Trinajstić information content (AvgIpc) is 2.75.